The molecule has 3 fully saturated rings. The fourth-order valence-electron chi connectivity index (χ4n) is 3.70. The molecule has 0 radical (unpaired) electrons. The number of benzene rings is 1. The number of nitrogens with one attached hydrogen (secondary N) is 1. The van der Waals surface area contributed by atoms with Gasteiger partial charge in [0.15, 0.2) is 0 Å². The standard InChI is InChI=1S/C18H27N3O2S/c1-23-10-9-20-11-14-3-6-16(20)13-21(12-14)18(22)19-15-4-7-17(24-2)8-5-15/h4-5,7-8,14,16H,3,6,9-13H2,1-2H3,(H,19,22)/t14-,16-/m1/s1. The molecule has 3 heterocycles. The Bertz CT molecular complexity index is 552. The number of methoxy groups -OCH3 is 1. The van der Waals surface area contributed by atoms with Crippen LogP contribution in [0.1, 0.15) is 12.8 Å². The summed E-state index contributed by atoms with van der Waals surface area (Å²) in [5, 5.41) is 3.05. The van der Waals surface area contributed by atoms with Crippen LogP contribution in [0.15, 0.2) is 29.2 Å². The van der Waals surface area contributed by atoms with E-state index in [-0.39, 0.29) is 6.03 Å². The summed E-state index contributed by atoms with van der Waals surface area (Å²) >= 11 is 1.70. The van der Waals surface area contributed by atoms with Gasteiger partial charge in [-0.05, 0) is 49.3 Å². The van der Waals surface area contributed by atoms with E-state index in [0.29, 0.717) is 12.0 Å². The van der Waals surface area contributed by atoms with Gasteiger partial charge in [0, 0.05) is 49.9 Å². The molecule has 3 saturated heterocycles. The number of rotatable bonds is 5. The van der Waals surface area contributed by atoms with E-state index in [0.717, 1.165) is 38.5 Å². The van der Waals surface area contributed by atoms with Gasteiger partial charge in [-0.15, -0.1) is 11.8 Å². The molecule has 0 spiro atoms. The number of urea groups is 1. The lowest BCUT2D eigenvalue weighted by Crippen LogP contribution is -2.46. The quantitative estimate of drug-likeness (QED) is 0.830. The molecular formula is C18H27N3O2S. The predicted molar refractivity (Wildman–Crippen MR) is 98.8 cm³/mol. The van der Waals surface area contributed by atoms with E-state index in [1.54, 1.807) is 18.9 Å². The maximum absolute atomic E-state index is 12.7. The molecule has 1 N–H and O–H groups in total. The molecule has 3 aliphatic rings. The van der Waals surface area contributed by atoms with Crippen LogP contribution in [0.5, 0.6) is 0 Å². The molecule has 2 atom stereocenters. The van der Waals surface area contributed by atoms with Crippen molar-refractivity contribution in [3.05, 3.63) is 24.3 Å². The average Bonchev–Trinajstić information content (AvgIpc) is 2.92. The topological polar surface area (TPSA) is 44.8 Å². The summed E-state index contributed by atoms with van der Waals surface area (Å²) in [6.07, 6.45) is 4.46. The third kappa shape index (κ3) is 4.23. The maximum Gasteiger partial charge on any atom is 0.321 e. The largest absolute Gasteiger partial charge is 0.383 e. The lowest BCUT2D eigenvalue weighted by atomic mass is 9.95. The molecule has 0 saturated carbocycles. The minimum absolute atomic E-state index is 0.0254. The Hall–Kier alpha value is -1.24. The Morgan fingerprint density at radius 1 is 1.25 bits per heavy atom. The summed E-state index contributed by atoms with van der Waals surface area (Å²) in [7, 11) is 1.75. The summed E-state index contributed by atoms with van der Waals surface area (Å²) < 4.78 is 5.23. The molecule has 24 heavy (non-hydrogen) atoms. The van der Waals surface area contributed by atoms with Crippen molar-refractivity contribution in [2.24, 2.45) is 5.92 Å². The number of ether oxygens (including phenoxy) is 1. The average molecular weight is 350 g/mol. The third-order valence-electron chi connectivity index (χ3n) is 5.04. The molecule has 0 aromatic heterocycles. The SMILES string of the molecule is COCCN1C[C@H]2CC[C@@H]1CN(C(=O)Nc1ccc(SC)cc1)C2. The summed E-state index contributed by atoms with van der Waals surface area (Å²) in [5.41, 5.74) is 0.866. The highest BCUT2D eigenvalue weighted by atomic mass is 32.2. The van der Waals surface area contributed by atoms with Crippen molar-refractivity contribution in [2.45, 2.75) is 23.8 Å². The van der Waals surface area contributed by atoms with E-state index in [2.05, 4.69) is 16.5 Å². The van der Waals surface area contributed by atoms with E-state index in [4.69, 9.17) is 4.74 Å². The third-order valence-corrected chi connectivity index (χ3v) is 5.78. The molecule has 0 aliphatic carbocycles. The number of hydrogen-bond donors (Lipinski definition) is 1. The second-order valence-corrected chi connectivity index (χ2v) is 7.53. The summed E-state index contributed by atoms with van der Waals surface area (Å²) in [6, 6.07) is 8.51. The van der Waals surface area contributed by atoms with Crippen molar-refractivity contribution in [1.82, 2.24) is 9.80 Å². The zero-order chi connectivity index (χ0) is 16.9. The van der Waals surface area contributed by atoms with Gasteiger partial charge in [0.2, 0.25) is 0 Å². The van der Waals surface area contributed by atoms with Crippen LogP contribution in [0.4, 0.5) is 10.5 Å². The minimum Gasteiger partial charge on any atom is -0.383 e. The summed E-state index contributed by atoms with van der Waals surface area (Å²) in [4.78, 5) is 18.4. The molecule has 5 nitrogen and oxygen atoms in total. The molecule has 132 valence electrons. The van der Waals surface area contributed by atoms with E-state index in [1.807, 2.05) is 29.2 Å². The van der Waals surface area contributed by atoms with Crippen molar-refractivity contribution in [3.8, 4) is 0 Å². The first-order chi connectivity index (χ1) is 11.7. The van der Waals surface area contributed by atoms with E-state index in [1.165, 1.54) is 17.7 Å². The fraction of sp³-hybridized carbons (Fsp3) is 0.611. The Labute approximate surface area is 148 Å². The van der Waals surface area contributed by atoms with E-state index in [9.17, 15) is 4.79 Å². The number of anilines is 1. The highest BCUT2D eigenvalue weighted by molar-refractivity contribution is 7.98. The fourth-order valence-corrected chi connectivity index (χ4v) is 4.11. The smallest absolute Gasteiger partial charge is 0.321 e. The van der Waals surface area contributed by atoms with Gasteiger partial charge in [-0.1, -0.05) is 0 Å². The lowest BCUT2D eigenvalue weighted by molar-refractivity contribution is 0.0876. The monoisotopic (exact) mass is 349 g/mol. The molecule has 3 aliphatic heterocycles. The van der Waals surface area contributed by atoms with E-state index < -0.39 is 0 Å². The zero-order valence-electron chi connectivity index (χ0n) is 14.5. The number of thioether (sulfide) groups is 1. The first-order valence-corrected chi connectivity index (χ1v) is 9.85. The molecule has 4 rings (SSSR count). The van der Waals surface area contributed by atoms with Gasteiger partial charge in [0.1, 0.15) is 0 Å². The van der Waals surface area contributed by atoms with Gasteiger partial charge in [-0.2, -0.15) is 0 Å². The van der Waals surface area contributed by atoms with Crippen LogP contribution in [0, 0.1) is 5.92 Å². The molecular weight excluding hydrogens is 322 g/mol. The first kappa shape index (κ1) is 17.6. The van der Waals surface area contributed by atoms with Crippen molar-refractivity contribution in [1.29, 1.82) is 0 Å². The van der Waals surface area contributed by atoms with Crippen LogP contribution in [0.2, 0.25) is 0 Å². The first-order valence-electron chi connectivity index (χ1n) is 8.62. The van der Waals surface area contributed by atoms with Crippen LogP contribution < -0.4 is 5.32 Å². The molecule has 0 unspecified atom stereocenters. The Morgan fingerprint density at radius 3 is 2.75 bits per heavy atom. The number of piperidine rings is 1. The van der Waals surface area contributed by atoms with Crippen molar-refractivity contribution in [2.75, 3.05) is 51.5 Å². The van der Waals surface area contributed by atoms with Gasteiger partial charge in [-0.25, -0.2) is 4.79 Å². The van der Waals surface area contributed by atoms with Crippen LogP contribution in [-0.2, 0) is 4.74 Å². The maximum atomic E-state index is 12.7. The summed E-state index contributed by atoms with van der Waals surface area (Å²) in [6.45, 7) is 4.48. The van der Waals surface area contributed by atoms with Gasteiger partial charge >= 0.3 is 6.03 Å². The van der Waals surface area contributed by atoms with Gasteiger partial charge < -0.3 is 15.0 Å². The second-order valence-electron chi connectivity index (χ2n) is 6.65. The van der Waals surface area contributed by atoms with Gasteiger partial charge in [-0.3, -0.25) is 4.90 Å². The lowest BCUT2D eigenvalue weighted by Gasteiger charge is -2.35. The Morgan fingerprint density at radius 2 is 2.04 bits per heavy atom. The molecule has 2 bridgehead atoms. The zero-order valence-corrected chi connectivity index (χ0v) is 15.3. The van der Waals surface area contributed by atoms with Crippen molar-refractivity contribution in [3.63, 3.8) is 0 Å². The number of carbonyl (C=O) groups is 1. The highest BCUT2D eigenvalue weighted by Gasteiger charge is 2.36. The molecule has 2 amide bonds. The minimum atomic E-state index is 0.0254. The normalized spacial score (nSPS) is 24.0. The van der Waals surface area contributed by atoms with Crippen LogP contribution in [-0.4, -0.2) is 68.0 Å². The number of hydrogen-bond acceptors (Lipinski definition) is 4. The predicted octanol–water partition coefficient (Wildman–Crippen LogP) is 2.98. The van der Waals surface area contributed by atoms with Crippen molar-refractivity contribution < 1.29 is 9.53 Å². The number of amides is 2. The van der Waals surface area contributed by atoms with Crippen LogP contribution in [0.3, 0.4) is 0 Å². The molecule has 6 heteroatoms. The van der Waals surface area contributed by atoms with Gasteiger partial charge in [0.25, 0.3) is 0 Å². The number of fused-ring (bicyclic) bond motifs is 4. The number of carbonyl (C=O) groups excluding carboxylic acids is 1. The van der Waals surface area contributed by atoms with Crippen molar-refractivity contribution >= 4 is 23.5 Å². The van der Waals surface area contributed by atoms with Gasteiger partial charge in [0.05, 0.1) is 6.61 Å². The molecule has 1 aromatic rings. The summed E-state index contributed by atoms with van der Waals surface area (Å²) in [5.74, 6) is 0.574. The molecule has 1 aromatic carbocycles. The highest BCUT2D eigenvalue weighted by Crippen LogP contribution is 2.28. The Kier molecular flexibility index (Phi) is 6.03. The van der Waals surface area contributed by atoms with E-state index >= 15 is 0 Å². The number of nitrogens with zero attached hydrogens (tertiary/aromatic N) is 2. The Balaban J connectivity index is 1.61. The van der Waals surface area contributed by atoms with Crippen LogP contribution >= 0.6 is 11.8 Å². The van der Waals surface area contributed by atoms with Crippen LogP contribution in [0.25, 0.3) is 0 Å². The second kappa shape index (κ2) is 8.23.